The Balaban J connectivity index is 1.55. The largest absolute Gasteiger partial charge is 0.349 e. The van der Waals surface area contributed by atoms with Crippen LogP contribution in [-0.4, -0.2) is 47.8 Å². The molecule has 2 N–H and O–H groups in total. The summed E-state index contributed by atoms with van der Waals surface area (Å²) in [4.78, 5) is 39.7. The van der Waals surface area contributed by atoms with E-state index in [0.29, 0.717) is 37.1 Å². The minimum Gasteiger partial charge on any atom is -0.349 e. The smallest absolute Gasteiger partial charge is 0.251 e. The number of halogens is 1. The first-order chi connectivity index (χ1) is 14.8. The number of rotatable bonds is 6. The van der Waals surface area contributed by atoms with Crippen LogP contribution >= 0.6 is 0 Å². The Morgan fingerprint density at radius 3 is 2.06 bits per heavy atom. The van der Waals surface area contributed by atoms with Crippen molar-refractivity contribution < 1.29 is 18.8 Å². The summed E-state index contributed by atoms with van der Waals surface area (Å²) in [5.41, 5.74) is 0.923. The second-order valence-corrected chi connectivity index (χ2v) is 8.14. The highest BCUT2D eigenvalue weighted by molar-refractivity contribution is 5.97. The summed E-state index contributed by atoms with van der Waals surface area (Å²) in [5.74, 6) is -1.19. The summed E-state index contributed by atoms with van der Waals surface area (Å²) in [7, 11) is 0. The van der Waals surface area contributed by atoms with Crippen molar-refractivity contribution in [3.8, 4) is 0 Å². The van der Waals surface area contributed by atoms with Crippen LogP contribution in [0.25, 0.3) is 0 Å². The predicted octanol–water partition coefficient (Wildman–Crippen LogP) is 3.00. The number of hydrogen-bond acceptors (Lipinski definition) is 3. The van der Waals surface area contributed by atoms with E-state index in [2.05, 4.69) is 10.6 Å². The molecule has 0 aliphatic carbocycles. The first-order valence-corrected chi connectivity index (χ1v) is 10.6. The summed E-state index contributed by atoms with van der Waals surface area (Å²) in [5, 5.41) is 5.82. The van der Waals surface area contributed by atoms with E-state index in [0.717, 1.165) is 0 Å². The van der Waals surface area contributed by atoms with Crippen LogP contribution in [0.2, 0.25) is 0 Å². The molecular weight excluding hydrogens is 397 g/mol. The molecule has 2 aromatic rings. The zero-order valence-corrected chi connectivity index (χ0v) is 17.8. The van der Waals surface area contributed by atoms with E-state index >= 15 is 0 Å². The normalized spacial score (nSPS) is 15.4. The molecule has 0 radical (unpaired) electrons. The van der Waals surface area contributed by atoms with Gasteiger partial charge in [0.1, 0.15) is 11.9 Å². The van der Waals surface area contributed by atoms with Gasteiger partial charge in [-0.25, -0.2) is 4.39 Å². The van der Waals surface area contributed by atoms with Crippen molar-refractivity contribution >= 4 is 17.7 Å². The highest BCUT2D eigenvalue weighted by atomic mass is 19.1. The highest BCUT2D eigenvalue weighted by Crippen LogP contribution is 2.16. The summed E-state index contributed by atoms with van der Waals surface area (Å²) < 4.78 is 13.1. The van der Waals surface area contributed by atoms with Gasteiger partial charge in [-0.3, -0.25) is 14.4 Å². The third-order valence-electron chi connectivity index (χ3n) is 5.50. The molecule has 1 aliphatic rings. The summed E-state index contributed by atoms with van der Waals surface area (Å²) in [6.45, 7) is 4.77. The lowest BCUT2D eigenvalue weighted by atomic mass is 9.99. The molecule has 1 heterocycles. The number of hydrogen-bond donors (Lipinski definition) is 2. The van der Waals surface area contributed by atoms with E-state index in [9.17, 15) is 18.8 Å². The summed E-state index contributed by atoms with van der Waals surface area (Å²) in [6, 6.07) is 13.6. The Kier molecular flexibility index (Phi) is 7.39. The van der Waals surface area contributed by atoms with Gasteiger partial charge >= 0.3 is 0 Å². The number of benzene rings is 2. The molecule has 164 valence electrons. The van der Waals surface area contributed by atoms with Crippen LogP contribution in [0.15, 0.2) is 54.6 Å². The molecular formula is C24H28FN3O3. The van der Waals surface area contributed by atoms with Crippen LogP contribution < -0.4 is 10.6 Å². The first kappa shape index (κ1) is 22.5. The van der Waals surface area contributed by atoms with Gasteiger partial charge in [-0.05, 0) is 55.2 Å². The second-order valence-electron chi connectivity index (χ2n) is 8.14. The average Bonchev–Trinajstić information content (AvgIpc) is 2.78. The van der Waals surface area contributed by atoms with E-state index in [1.165, 1.54) is 24.3 Å². The molecule has 3 rings (SSSR count). The monoisotopic (exact) mass is 425 g/mol. The Bertz CT molecular complexity index is 907. The van der Waals surface area contributed by atoms with Crippen LogP contribution in [0, 0.1) is 11.7 Å². The zero-order chi connectivity index (χ0) is 22.4. The van der Waals surface area contributed by atoms with Gasteiger partial charge in [-0.15, -0.1) is 0 Å². The molecule has 1 fully saturated rings. The number of piperidine rings is 1. The Morgan fingerprint density at radius 1 is 0.903 bits per heavy atom. The van der Waals surface area contributed by atoms with Crippen LogP contribution in [0.4, 0.5) is 4.39 Å². The Labute approximate surface area is 181 Å². The maximum Gasteiger partial charge on any atom is 0.251 e. The lowest BCUT2D eigenvalue weighted by Gasteiger charge is -2.35. The van der Waals surface area contributed by atoms with Crippen molar-refractivity contribution in [2.24, 2.45) is 5.92 Å². The highest BCUT2D eigenvalue weighted by Gasteiger charge is 2.31. The maximum atomic E-state index is 13.1. The fourth-order valence-corrected chi connectivity index (χ4v) is 3.64. The Morgan fingerprint density at radius 2 is 1.48 bits per heavy atom. The molecule has 1 saturated heterocycles. The van der Waals surface area contributed by atoms with Gasteiger partial charge < -0.3 is 15.5 Å². The fraction of sp³-hybridized carbons (Fsp3) is 0.375. The topological polar surface area (TPSA) is 78.5 Å². The van der Waals surface area contributed by atoms with Gasteiger partial charge in [0, 0.05) is 30.3 Å². The van der Waals surface area contributed by atoms with Crippen molar-refractivity contribution in [2.75, 3.05) is 13.1 Å². The van der Waals surface area contributed by atoms with Crippen molar-refractivity contribution in [2.45, 2.75) is 38.8 Å². The molecule has 0 bridgehead atoms. The average molecular weight is 426 g/mol. The molecule has 1 atom stereocenters. The van der Waals surface area contributed by atoms with Crippen molar-refractivity contribution in [1.29, 1.82) is 0 Å². The summed E-state index contributed by atoms with van der Waals surface area (Å²) >= 11 is 0. The van der Waals surface area contributed by atoms with Crippen molar-refractivity contribution in [3.05, 3.63) is 71.5 Å². The fourth-order valence-electron chi connectivity index (χ4n) is 3.64. The summed E-state index contributed by atoms with van der Waals surface area (Å²) in [6.07, 6.45) is 1.31. The number of nitrogens with one attached hydrogen (secondary N) is 2. The lowest BCUT2D eigenvalue weighted by molar-refractivity contribution is -0.135. The third-order valence-corrected chi connectivity index (χ3v) is 5.50. The SMILES string of the molecule is CC(C)C(NC(=O)c1ccc(F)cc1)C(=O)N1CCC(NC(=O)c2ccccc2)CC1. The molecule has 0 spiro atoms. The third kappa shape index (κ3) is 5.90. The number of likely N-dealkylation sites (tertiary alicyclic amines) is 1. The van der Waals surface area contributed by atoms with E-state index in [4.69, 9.17) is 0 Å². The zero-order valence-electron chi connectivity index (χ0n) is 17.8. The van der Waals surface area contributed by atoms with Gasteiger partial charge in [0.25, 0.3) is 11.8 Å². The van der Waals surface area contributed by atoms with Gasteiger partial charge in [-0.1, -0.05) is 32.0 Å². The lowest BCUT2D eigenvalue weighted by Crippen LogP contribution is -2.54. The van der Waals surface area contributed by atoms with E-state index in [-0.39, 0.29) is 23.8 Å². The van der Waals surface area contributed by atoms with Crippen LogP contribution in [0.1, 0.15) is 47.4 Å². The first-order valence-electron chi connectivity index (χ1n) is 10.6. The van der Waals surface area contributed by atoms with Gasteiger partial charge in [0.05, 0.1) is 0 Å². The minimum absolute atomic E-state index is 0.00284. The molecule has 6 nitrogen and oxygen atoms in total. The standard InChI is InChI=1S/C24H28FN3O3/c1-16(2)21(27-23(30)18-8-10-19(25)11-9-18)24(31)28-14-12-20(13-15-28)26-22(29)17-6-4-3-5-7-17/h3-11,16,20-21H,12-15H2,1-2H3,(H,26,29)(H,27,30). The van der Waals surface area contributed by atoms with Gasteiger partial charge in [-0.2, -0.15) is 0 Å². The second kappa shape index (κ2) is 10.2. The molecule has 1 unspecified atom stereocenters. The number of carbonyl (C=O) groups is 3. The molecule has 31 heavy (non-hydrogen) atoms. The van der Waals surface area contributed by atoms with Crippen LogP contribution in [0.3, 0.4) is 0 Å². The van der Waals surface area contributed by atoms with Crippen molar-refractivity contribution in [3.63, 3.8) is 0 Å². The molecule has 7 heteroatoms. The van der Waals surface area contributed by atoms with E-state index < -0.39 is 17.8 Å². The van der Waals surface area contributed by atoms with Crippen molar-refractivity contribution in [1.82, 2.24) is 15.5 Å². The van der Waals surface area contributed by atoms with Crippen LogP contribution in [0.5, 0.6) is 0 Å². The number of carbonyl (C=O) groups excluding carboxylic acids is 3. The predicted molar refractivity (Wildman–Crippen MR) is 116 cm³/mol. The molecule has 0 saturated carbocycles. The number of nitrogens with zero attached hydrogens (tertiary/aromatic N) is 1. The molecule has 1 aliphatic heterocycles. The molecule has 2 aromatic carbocycles. The van der Waals surface area contributed by atoms with E-state index in [1.807, 2.05) is 32.0 Å². The number of amides is 3. The molecule has 3 amide bonds. The minimum atomic E-state index is -0.673. The van der Waals surface area contributed by atoms with Crippen LogP contribution in [-0.2, 0) is 4.79 Å². The quantitative estimate of drug-likeness (QED) is 0.747. The van der Waals surface area contributed by atoms with Gasteiger partial charge in [0.2, 0.25) is 5.91 Å². The molecule has 0 aromatic heterocycles. The van der Waals surface area contributed by atoms with Gasteiger partial charge in [0.15, 0.2) is 0 Å². The van der Waals surface area contributed by atoms with E-state index in [1.54, 1.807) is 17.0 Å². The Hall–Kier alpha value is -3.22. The maximum absolute atomic E-state index is 13.1.